The molecule has 0 aliphatic rings. The predicted molar refractivity (Wildman–Crippen MR) is 100 cm³/mol. The molecule has 0 bridgehead atoms. The van der Waals surface area contributed by atoms with Crippen LogP contribution in [-0.2, 0) is 6.54 Å². The van der Waals surface area contributed by atoms with E-state index in [0.29, 0.717) is 6.54 Å². The zero-order valence-electron chi connectivity index (χ0n) is 10.7. The van der Waals surface area contributed by atoms with Gasteiger partial charge in [-0.3, -0.25) is 0 Å². The second-order valence-corrected chi connectivity index (χ2v) is 7.56. The number of aromatic nitrogens is 1. The largest absolute Gasteiger partial charge is 0.378 e. The maximum atomic E-state index is 6.43. The zero-order chi connectivity index (χ0) is 15.0. The number of hydrogen-bond donors (Lipinski definition) is 2. The summed E-state index contributed by atoms with van der Waals surface area (Å²) in [6.45, 7) is 0.617. The van der Waals surface area contributed by atoms with E-state index in [-0.39, 0.29) is 0 Å². The third-order valence-electron chi connectivity index (χ3n) is 3.16. The number of halogens is 4. The number of H-pyrrole nitrogens is 1. The maximum absolute atomic E-state index is 6.43. The van der Waals surface area contributed by atoms with Crippen molar-refractivity contribution < 1.29 is 0 Å². The van der Waals surface area contributed by atoms with Crippen molar-refractivity contribution in [1.82, 2.24) is 4.98 Å². The van der Waals surface area contributed by atoms with Gasteiger partial charge in [-0.25, -0.2) is 0 Å². The van der Waals surface area contributed by atoms with Crippen LogP contribution in [0.15, 0.2) is 49.8 Å². The summed E-state index contributed by atoms with van der Waals surface area (Å²) < 4.78 is 2.97. The molecule has 0 fully saturated rings. The van der Waals surface area contributed by atoms with Crippen LogP contribution >= 0.6 is 59.4 Å². The molecule has 6 heteroatoms. The highest BCUT2D eigenvalue weighted by Crippen LogP contribution is 2.35. The molecule has 0 radical (unpaired) electrons. The molecule has 0 saturated heterocycles. The summed E-state index contributed by atoms with van der Waals surface area (Å²) in [5.41, 5.74) is 3.01. The molecule has 0 unspecified atom stereocenters. The summed E-state index contributed by atoms with van der Waals surface area (Å²) in [7, 11) is 0. The van der Waals surface area contributed by atoms with Gasteiger partial charge in [-0.15, -0.1) is 0 Å². The van der Waals surface area contributed by atoms with E-state index in [1.165, 1.54) is 0 Å². The monoisotopic (exact) mass is 490 g/mol. The Bertz CT molecular complexity index is 791. The average molecular weight is 493 g/mol. The fourth-order valence-corrected chi connectivity index (χ4v) is 4.99. The number of para-hydroxylation sites is 1. The molecule has 2 N–H and O–H groups in total. The van der Waals surface area contributed by atoms with E-state index < -0.39 is 0 Å². The molecule has 3 aromatic rings. The molecule has 21 heavy (non-hydrogen) atoms. The van der Waals surface area contributed by atoms with Gasteiger partial charge in [-0.2, -0.15) is 0 Å². The molecule has 108 valence electrons. The third-order valence-corrected chi connectivity index (χ3v) is 5.30. The Morgan fingerprint density at radius 1 is 1.05 bits per heavy atom. The van der Waals surface area contributed by atoms with Crippen molar-refractivity contribution in [2.24, 2.45) is 0 Å². The molecule has 0 spiro atoms. The van der Waals surface area contributed by atoms with E-state index in [2.05, 4.69) is 58.1 Å². The fourth-order valence-electron chi connectivity index (χ4n) is 2.17. The Kier molecular flexibility index (Phi) is 4.64. The van der Waals surface area contributed by atoms with Crippen molar-refractivity contribution in [1.29, 1.82) is 0 Å². The summed E-state index contributed by atoms with van der Waals surface area (Å²) in [6, 6.07) is 12.0. The number of fused-ring (bicyclic) bond motifs is 1. The second kappa shape index (κ2) is 6.32. The van der Waals surface area contributed by atoms with Gasteiger partial charge in [0.1, 0.15) is 0 Å². The lowest BCUT2D eigenvalue weighted by Crippen LogP contribution is -2.01. The van der Waals surface area contributed by atoms with Gasteiger partial charge < -0.3 is 10.3 Å². The van der Waals surface area contributed by atoms with Gasteiger partial charge in [-0.1, -0.05) is 45.7 Å². The minimum atomic E-state index is 0.617. The molecule has 0 aliphatic heterocycles. The van der Waals surface area contributed by atoms with Gasteiger partial charge in [0.2, 0.25) is 0 Å². The molecular weight excluding hydrogens is 483 g/mol. The van der Waals surface area contributed by atoms with Crippen LogP contribution in [0.3, 0.4) is 0 Å². The van der Waals surface area contributed by atoms with Gasteiger partial charge >= 0.3 is 0 Å². The Balaban J connectivity index is 1.89. The van der Waals surface area contributed by atoms with Crippen molar-refractivity contribution in [2.75, 3.05) is 5.32 Å². The highest BCUT2D eigenvalue weighted by atomic mass is 79.9. The second-order valence-electron chi connectivity index (χ2n) is 4.56. The average Bonchev–Trinajstić information content (AvgIpc) is 2.75. The molecular formula is C15H10Br3ClN2. The minimum Gasteiger partial charge on any atom is -0.378 e. The molecule has 3 rings (SSSR count). The lowest BCUT2D eigenvalue weighted by atomic mass is 10.2. The van der Waals surface area contributed by atoms with E-state index in [1.807, 2.05) is 36.4 Å². The molecule has 1 heterocycles. The minimum absolute atomic E-state index is 0.617. The topological polar surface area (TPSA) is 27.8 Å². The fraction of sp³-hybridized carbons (Fsp3) is 0.0667. The van der Waals surface area contributed by atoms with Gasteiger partial charge in [0, 0.05) is 24.3 Å². The number of rotatable bonds is 3. The number of benzene rings is 2. The van der Waals surface area contributed by atoms with Crippen LogP contribution in [0.5, 0.6) is 0 Å². The highest BCUT2D eigenvalue weighted by molar-refractivity contribution is 9.11. The van der Waals surface area contributed by atoms with Crippen LogP contribution in [0.4, 0.5) is 5.69 Å². The van der Waals surface area contributed by atoms with Crippen molar-refractivity contribution >= 4 is 76.0 Å². The van der Waals surface area contributed by atoms with Gasteiger partial charge in [0.05, 0.1) is 22.9 Å². The van der Waals surface area contributed by atoms with Crippen LogP contribution in [0.25, 0.3) is 10.9 Å². The van der Waals surface area contributed by atoms with Gasteiger partial charge in [0.25, 0.3) is 0 Å². The molecule has 0 saturated carbocycles. The van der Waals surface area contributed by atoms with E-state index in [1.54, 1.807) is 0 Å². The standard InChI is InChI=1S/C15H10Br3ClN2/c16-8-5-10(17)15(11(18)6-8)20-7-13-14(19)9-3-1-2-4-12(9)21-13/h1-6,20-21H,7H2. The van der Waals surface area contributed by atoms with Crippen molar-refractivity contribution in [3.63, 3.8) is 0 Å². The highest BCUT2D eigenvalue weighted by Gasteiger charge is 2.11. The summed E-state index contributed by atoms with van der Waals surface area (Å²) >= 11 is 17.0. The molecule has 1 aromatic heterocycles. The first-order chi connectivity index (χ1) is 10.1. The molecule has 0 aliphatic carbocycles. The lowest BCUT2D eigenvalue weighted by Gasteiger charge is -2.11. The number of hydrogen-bond acceptors (Lipinski definition) is 1. The first kappa shape index (κ1) is 15.4. The van der Waals surface area contributed by atoms with E-state index in [0.717, 1.165) is 40.7 Å². The summed E-state index contributed by atoms with van der Waals surface area (Å²) in [4.78, 5) is 3.35. The Morgan fingerprint density at radius 2 is 1.71 bits per heavy atom. The van der Waals surface area contributed by atoms with Crippen LogP contribution in [-0.4, -0.2) is 4.98 Å². The maximum Gasteiger partial charge on any atom is 0.0710 e. The first-order valence-corrected chi connectivity index (χ1v) is 8.95. The molecule has 2 aromatic carbocycles. The third kappa shape index (κ3) is 3.16. The Hall–Kier alpha value is -0.490. The summed E-state index contributed by atoms with van der Waals surface area (Å²) in [5, 5.41) is 5.21. The van der Waals surface area contributed by atoms with E-state index in [4.69, 9.17) is 11.6 Å². The van der Waals surface area contributed by atoms with Gasteiger partial charge in [-0.05, 0) is 50.1 Å². The van der Waals surface area contributed by atoms with E-state index >= 15 is 0 Å². The van der Waals surface area contributed by atoms with Crippen LogP contribution in [0.1, 0.15) is 5.69 Å². The van der Waals surface area contributed by atoms with Crippen LogP contribution in [0, 0.1) is 0 Å². The number of anilines is 1. The van der Waals surface area contributed by atoms with Crippen molar-refractivity contribution in [3.8, 4) is 0 Å². The SMILES string of the molecule is Clc1c(CNc2c(Br)cc(Br)cc2Br)[nH]c2ccccc12. The number of aromatic amines is 1. The smallest absolute Gasteiger partial charge is 0.0710 e. The quantitative estimate of drug-likeness (QED) is 0.417. The normalized spacial score (nSPS) is 11.0. The summed E-state index contributed by atoms with van der Waals surface area (Å²) in [6.07, 6.45) is 0. The van der Waals surface area contributed by atoms with Crippen molar-refractivity contribution in [3.05, 3.63) is 60.5 Å². The summed E-state index contributed by atoms with van der Waals surface area (Å²) in [5.74, 6) is 0. The van der Waals surface area contributed by atoms with Crippen LogP contribution < -0.4 is 5.32 Å². The first-order valence-electron chi connectivity index (χ1n) is 6.20. The molecule has 0 atom stereocenters. The Labute approximate surface area is 152 Å². The van der Waals surface area contributed by atoms with Gasteiger partial charge in [0.15, 0.2) is 0 Å². The number of nitrogens with one attached hydrogen (secondary N) is 2. The Morgan fingerprint density at radius 3 is 2.38 bits per heavy atom. The molecule has 2 nitrogen and oxygen atoms in total. The van der Waals surface area contributed by atoms with Crippen molar-refractivity contribution in [2.45, 2.75) is 6.54 Å². The van der Waals surface area contributed by atoms with Crippen LogP contribution in [0.2, 0.25) is 5.02 Å². The lowest BCUT2D eigenvalue weighted by molar-refractivity contribution is 1.08. The predicted octanol–water partition coefficient (Wildman–Crippen LogP) is 6.72. The molecule has 0 amide bonds. The van der Waals surface area contributed by atoms with E-state index in [9.17, 15) is 0 Å². The zero-order valence-corrected chi connectivity index (χ0v) is 16.2.